The standard InChI is InChI=1S/C24H22N6O5/c1-27-16-4-3-5-17-20(16)30(12-19(27)32)23(35)29(17)11-18(31)25-15-7-6-13-9-24(10-14(13)8-15)21(33)26-22(34)28(24)2/h3-8H,9-12H2,1-2H3,(H,25,31)(H,26,33,34)/t24-/m1/s1. The molecule has 0 bridgehead atoms. The lowest BCUT2D eigenvalue weighted by molar-refractivity contribution is -0.126. The van der Waals surface area contributed by atoms with E-state index in [2.05, 4.69) is 10.6 Å². The van der Waals surface area contributed by atoms with Gasteiger partial charge in [0.05, 0.1) is 16.7 Å². The van der Waals surface area contributed by atoms with Gasteiger partial charge in [0, 0.05) is 32.6 Å². The summed E-state index contributed by atoms with van der Waals surface area (Å²) in [6.45, 7) is -0.293. The number of para-hydroxylation sites is 1. The number of nitrogens with zero attached hydrogens (tertiary/aromatic N) is 4. The van der Waals surface area contributed by atoms with Crippen LogP contribution in [0, 0.1) is 0 Å². The zero-order valence-corrected chi connectivity index (χ0v) is 19.1. The maximum atomic E-state index is 13.0. The molecule has 1 saturated heterocycles. The van der Waals surface area contributed by atoms with Crippen LogP contribution in [-0.2, 0) is 40.3 Å². The molecule has 1 aliphatic carbocycles. The number of carbonyl (C=O) groups is 4. The number of urea groups is 1. The molecule has 0 saturated carbocycles. The van der Waals surface area contributed by atoms with Crippen LogP contribution in [-0.4, -0.2) is 57.4 Å². The Labute approximate surface area is 198 Å². The number of amides is 5. The van der Waals surface area contributed by atoms with Gasteiger partial charge in [0.25, 0.3) is 5.91 Å². The third-order valence-corrected chi connectivity index (χ3v) is 7.39. The Kier molecular flexibility index (Phi) is 4.26. The molecule has 3 heterocycles. The summed E-state index contributed by atoms with van der Waals surface area (Å²) in [5.41, 5.74) is 2.84. The summed E-state index contributed by atoms with van der Waals surface area (Å²) in [7, 11) is 3.27. The predicted octanol–water partition coefficient (Wildman–Crippen LogP) is 0.437. The van der Waals surface area contributed by atoms with E-state index in [0.29, 0.717) is 35.2 Å². The number of nitrogens with one attached hydrogen (secondary N) is 2. The highest BCUT2D eigenvalue weighted by Crippen LogP contribution is 2.38. The topological polar surface area (TPSA) is 126 Å². The molecule has 2 aromatic carbocycles. The lowest BCUT2D eigenvalue weighted by atomic mass is 9.95. The highest BCUT2D eigenvalue weighted by molar-refractivity contribution is 6.08. The fourth-order valence-electron chi connectivity index (χ4n) is 5.42. The van der Waals surface area contributed by atoms with Crippen molar-refractivity contribution in [2.24, 2.45) is 0 Å². The zero-order valence-electron chi connectivity index (χ0n) is 19.1. The summed E-state index contributed by atoms with van der Waals surface area (Å²) in [4.78, 5) is 65.7. The van der Waals surface area contributed by atoms with Crippen LogP contribution in [0.5, 0.6) is 0 Å². The summed E-state index contributed by atoms with van der Waals surface area (Å²) in [6.07, 6.45) is 0.770. The number of aromatic nitrogens is 2. The molecule has 2 N–H and O–H groups in total. The maximum absolute atomic E-state index is 13.0. The van der Waals surface area contributed by atoms with Crippen LogP contribution in [0.25, 0.3) is 11.0 Å². The Morgan fingerprint density at radius 1 is 1.06 bits per heavy atom. The Morgan fingerprint density at radius 3 is 2.57 bits per heavy atom. The molecular formula is C24H22N6O5. The molecule has 5 amide bonds. The van der Waals surface area contributed by atoms with Crippen LogP contribution in [0.3, 0.4) is 0 Å². The molecule has 3 aromatic rings. The third kappa shape index (κ3) is 2.87. The number of hydrogen-bond acceptors (Lipinski definition) is 5. The van der Waals surface area contributed by atoms with Gasteiger partial charge in [0.1, 0.15) is 18.6 Å². The number of imidazole rings is 1. The summed E-state index contributed by atoms with van der Waals surface area (Å²) in [5, 5.41) is 5.20. The van der Waals surface area contributed by atoms with Crippen LogP contribution < -0.4 is 21.2 Å². The van der Waals surface area contributed by atoms with Crippen LogP contribution in [0.15, 0.2) is 41.2 Å². The van der Waals surface area contributed by atoms with Gasteiger partial charge in [-0.3, -0.25) is 28.8 Å². The first kappa shape index (κ1) is 21.1. The van der Waals surface area contributed by atoms with Crippen molar-refractivity contribution in [2.75, 3.05) is 24.3 Å². The average molecular weight is 474 g/mol. The minimum Gasteiger partial charge on any atom is -0.325 e. The van der Waals surface area contributed by atoms with Gasteiger partial charge in [0.2, 0.25) is 11.8 Å². The highest BCUT2D eigenvalue weighted by atomic mass is 16.2. The van der Waals surface area contributed by atoms with Crippen molar-refractivity contribution in [3.63, 3.8) is 0 Å². The molecule has 11 nitrogen and oxygen atoms in total. The van der Waals surface area contributed by atoms with Crippen LogP contribution >= 0.6 is 0 Å². The number of rotatable bonds is 3. The molecule has 1 fully saturated rings. The van der Waals surface area contributed by atoms with Gasteiger partial charge in [0.15, 0.2) is 0 Å². The van der Waals surface area contributed by atoms with Crippen molar-refractivity contribution >= 4 is 46.2 Å². The van der Waals surface area contributed by atoms with E-state index in [9.17, 15) is 24.0 Å². The second-order valence-electron chi connectivity index (χ2n) is 9.29. The van der Waals surface area contributed by atoms with Crippen LogP contribution in [0.1, 0.15) is 11.1 Å². The molecule has 6 rings (SSSR count). The Bertz CT molecular complexity index is 1550. The molecule has 3 aliphatic rings. The number of benzene rings is 2. The van der Waals surface area contributed by atoms with Crippen molar-refractivity contribution in [1.29, 1.82) is 0 Å². The van der Waals surface area contributed by atoms with E-state index in [0.717, 1.165) is 11.1 Å². The third-order valence-electron chi connectivity index (χ3n) is 7.39. The Morgan fingerprint density at radius 2 is 1.83 bits per heavy atom. The number of fused-ring (bicyclic) bond motifs is 1. The minimum atomic E-state index is -0.939. The number of likely N-dealkylation sites (N-methyl/N-ethyl adjacent to an activating group) is 2. The van der Waals surface area contributed by atoms with Gasteiger partial charge in [-0.05, 0) is 35.4 Å². The molecule has 178 valence electrons. The fourth-order valence-corrected chi connectivity index (χ4v) is 5.42. The Hall–Kier alpha value is -4.41. The van der Waals surface area contributed by atoms with Gasteiger partial charge in [-0.1, -0.05) is 12.1 Å². The van der Waals surface area contributed by atoms with Crippen LogP contribution in [0.2, 0.25) is 0 Å². The quantitative estimate of drug-likeness (QED) is 0.533. The van der Waals surface area contributed by atoms with Crippen LogP contribution in [0.4, 0.5) is 16.2 Å². The molecule has 2 aliphatic heterocycles. The first-order chi connectivity index (χ1) is 16.7. The molecule has 1 spiro atoms. The lowest BCUT2D eigenvalue weighted by Gasteiger charge is -2.27. The van der Waals surface area contributed by atoms with Crippen molar-refractivity contribution in [3.8, 4) is 0 Å². The lowest BCUT2D eigenvalue weighted by Crippen LogP contribution is -2.48. The van der Waals surface area contributed by atoms with Gasteiger partial charge in [-0.25, -0.2) is 9.59 Å². The van der Waals surface area contributed by atoms with Crippen molar-refractivity contribution in [3.05, 3.63) is 58.0 Å². The molecular weight excluding hydrogens is 452 g/mol. The molecule has 1 atom stereocenters. The van der Waals surface area contributed by atoms with E-state index in [-0.39, 0.29) is 24.9 Å². The van der Waals surface area contributed by atoms with E-state index >= 15 is 0 Å². The zero-order chi connectivity index (χ0) is 24.6. The summed E-state index contributed by atoms with van der Waals surface area (Å²) < 4.78 is 2.77. The van der Waals surface area contributed by atoms with Crippen molar-refractivity contribution in [2.45, 2.75) is 31.5 Å². The van der Waals surface area contributed by atoms with Gasteiger partial charge >= 0.3 is 11.7 Å². The highest BCUT2D eigenvalue weighted by Gasteiger charge is 2.54. The molecule has 0 radical (unpaired) electrons. The largest absolute Gasteiger partial charge is 0.330 e. The van der Waals surface area contributed by atoms with E-state index in [1.54, 1.807) is 44.4 Å². The average Bonchev–Trinajstić information content (AvgIpc) is 3.40. The predicted molar refractivity (Wildman–Crippen MR) is 126 cm³/mol. The van der Waals surface area contributed by atoms with E-state index in [1.165, 1.54) is 18.9 Å². The number of anilines is 2. The summed E-state index contributed by atoms with van der Waals surface area (Å²) >= 11 is 0. The number of hydrogen-bond donors (Lipinski definition) is 2. The van der Waals surface area contributed by atoms with E-state index in [4.69, 9.17) is 0 Å². The smallest absolute Gasteiger partial charge is 0.325 e. The van der Waals surface area contributed by atoms with Crippen molar-refractivity contribution in [1.82, 2.24) is 19.4 Å². The van der Waals surface area contributed by atoms with Crippen molar-refractivity contribution < 1.29 is 19.2 Å². The van der Waals surface area contributed by atoms with E-state index in [1.807, 2.05) is 6.07 Å². The van der Waals surface area contributed by atoms with E-state index < -0.39 is 23.2 Å². The second kappa shape index (κ2) is 7.05. The van der Waals surface area contributed by atoms with Gasteiger partial charge < -0.3 is 15.1 Å². The molecule has 1 aromatic heterocycles. The molecule has 35 heavy (non-hydrogen) atoms. The summed E-state index contributed by atoms with van der Waals surface area (Å²) in [6, 6.07) is 10.3. The normalized spacial score (nSPS) is 20.7. The summed E-state index contributed by atoms with van der Waals surface area (Å²) in [5.74, 6) is -0.911. The monoisotopic (exact) mass is 474 g/mol. The first-order valence-corrected chi connectivity index (χ1v) is 11.2. The second-order valence-corrected chi connectivity index (χ2v) is 9.29. The molecule has 0 unspecified atom stereocenters. The number of imide groups is 1. The fraction of sp³-hybridized carbons (Fsp3) is 0.292. The first-order valence-electron chi connectivity index (χ1n) is 11.2. The van der Waals surface area contributed by atoms with Gasteiger partial charge in [-0.15, -0.1) is 0 Å². The maximum Gasteiger partial charge on any atom is 0.330 e. The van der Waals surface area contributed by atoms with Gasteiger partial charge in [-0.2, -0.15) is 0 Å². The SMILES string of the molecule is CN1C(=O)Cn2c(=O)n(CC(=O)Nc3ccc4c(c3)C[C@]3(C4)C(=O)NC(=O)N3C)c3cccc1c32. The number of carbonyl (C=O) groups excluding carboxylic acids is 4. The Balaban J connectivity index is 1.26. The molecule has 11 heteroatoms. The minimum absolute atomic E-state index is 0.0748.